The van der Waals surface area contributed by atoms with Gasteiger partial charge >= 0.3 is 6.18 Å². The molecule has 0 saturated carbocycles. The number of nitrogen functional groups attached to an aromatic ring is 1. The minimum atomic E-state index is -4.66. The van der Waals surface area contributed by atoms with Crippen molar-refractivity contribution in [2.24, 2.45) is 5.92 Å². The van der Waals surface area contributed by atoms with Crippen molar-refractivity contribution < 1.29 is 13.2 Å². The molecule has 0 aliphatic rings. The Kier molecular flexibility index (Phi) is 4.62. The third-order valence-corrected chi connectivity index (χ3v) is 5.19. The second kappa shape index (κ2) is 6.45. The van der Waals surface area contributed by atoms with Gasteiger partial charge in [-0.25, -0.2) is 14.6 Å². The Morgan fingerprint density at radius 3 is 2.60 bits per heavy atom. The Bertz CT molecular complexity index is 915. The maximum atomic E-state index is 12.8. The Morgan fingerprint density at radius 2 is 2.00 bits per heavy atom. The highest BCUT2D eigenvalue weighted by Crippen LogP contribution is 2.37. The number of aromatic nitrogens is 5. The molecule has 134 valence electrons. The number of fused-ring (bicyclic) bond motifs is 1. The van der Waals surface area contributed by atoms with Crippen LogP contribution < -0.4 is 5.84 Å². The normalized spacial score (nSPS) is 12.4. The Morgan fingerprint density at radius 1 is 1.28 bits per heavy atom. The molecule has 0 aliphatic heterocycles. The zero-order valence-corrected chi connectivity index (χ0v) is 15.3. The summed E-state index contributed by atoms with van der Waals surface area (Å²) in [4.78, 5) is 9.60. The highest BCUT2D eigenvalue weighted by Gasteiger charge is 2.38. The lowest BCUT2D eigenvalue weighted by atomic mass is 10.0. The Balaban J connectivity index is 2.07. The maximum Gasteiger partial charge on any atom is 0.453 e. The lowest BCUT2D eigenvalue weighted by Crippen LogP contribution is -2.21. The molecule has 0 atom stereocenters. The average Bonchev–Trinajstić information content (AvgIpc) is 3.02. The van der Waals surface area contributed by atoms with Crippen molar-refractivity contribution in [2.75, 3.05) is 5.84 Å². The van der Waals surface area contributed by atoms with Gasteiger partial charge in [-0.2, -0.15) is 13.2 Å². The van der Waals surface area contributed by atoms with Crippen LogP contribution in [0.5, 0.6) is 0 Å². The van der Waals surface area contributed by atoms with E-state index in [1.807, 2.05) is 5.38 Å². The molecule has 0 spiro atoms. The van der Waals surface area contributed by atoms with Crippen LogP contribution in [0.15, 0.2) is 15.6 Å². The molecule has 0 bridgehead atoms. The van der Waals surface area contributed by atoms with E-state index in [9.17, 15) is 13.2 Å². The molecule has 3 heterocycles. The summed E-state index contributed by atoms with van der Waals surface area (Å²) in [5.41, 5.74) is 1.07. The second-order valence-corrected chi connectivity index (χ2v) is 7.71. The number of nitrogens with zero attached hydrogens (tertiary/aromatic N) is 5. The van der Waals surface area contributed by atoms with Crippen LogP contribution in [0.25, 0.3) is 10.2 Å². The van der Waals surface area contributed by atoms with Crippen LogP contribution >= 0.6 is 23.1 Å². The number of thiophene rings is 1. The first-order valence-corrected chi connectivity index (χ1v) is 9.06. The summed E-state index contributed by atoms with van der Waals surface area (Å²) >= 11 is 2.45. The van der Waals surface area contributed by atoms with Gasteiger partial charge in [0.25, 0.3) is 5.82 Å². The van der Waals surface area contributed by atoms with E-state index in [-0.39, 0.29) is 5.16 Å². The highest BCUT2D eigenvalue weighted by molar-refractivity contribution is 7.99. The summed E-state index contributed by atoms with van der Waals surface area (Å²) in [6.45, 7) is 5.93. The van der Waals surface area contributed by atoms with Gasteiger partial charge in [0.05, 0.1) is 0 Å². The molecule has 0 saturated heterocycles. The second-order valence-electron chi connectivity index (χ2n) is 5.89. The summed E-state index contributed by atoms with van der Waals surface area (Å²) in [5, 5.41) is 10.0. The number of alkyl halides is 3. The number of nitrogens with two attached hydrogens (primary N) is 1. The molecular weight excluding hydrogens is 373 g/mol. The van der Waals surface area contributed by atoms with Crippen molar-refractivity contribution in [1.29, 1.82) is 0 Å². The third kappa shape index (κ3) is 3.56. The Labute approximate surface area is 149 Å². The topological polar surface area (TPSA) is 82.5 Å². The number of hydrogen-bond acceptors (Lipinski definition) is 7. The maximum absolute atomic E-state index is 12.8. The number of hydrogen-bond donors (Lipinski definition) is 1. The molecule has 3 aromatic rings. The minimum Gasteiger partial charge on any atom is -0.335 e. The lowest BCUT2D eigenvalue weighted by molar-refractivity contribution is -0.146. The molecule has 25 heavy (non-hydrogen) atoms. The van der Waals surface area contributed by atoms with Gasteiger partial charge in [0, 0.05) is 5.39 Å². The van der Waals surface area contributed by atoms with Gasteiger partial charge in [0.2, 0.25) is 5.16 Å². The molecule has 0 radical (unpaired) electrons. The van der Waals surface area contributed by atoms with E-state index < -0.39 is 12.0 Å². The summed E-state index contributed by atoms with van der Waals surface area (Å²) in [6.07, 6.45) is -3.84. The lowest BCUT2D eigenvalue weighted by Gasteiger charge is -2.08. The fourth-order valence-corrected chi connectivity index (χ4v) is 4.37. The average molecular weight is 388 g/mol. The standard InChI is InChI=1S/C14H15F3N6S2/c1-6(2)4-8-5-24-10-9(8)11(20-7(3)19-10)25-13-22-21-12(23(13)18)14(15,16)17/h5-6H,4,18H2,1-3H3. The van der Waals surface area contributed by atoms with Crippen molar-refractivity contribution in [3.63, 3.8) is 0 Å². The summed E-state index contributed by atoms with van der Waals surface area (Å²) in [6, 6.07) is 0. The van der Waals surface area contributed by atoms with Crippen LogP contribution in [-0.2, 0) is 12.6 Å². The van der Waals surface area contributed by atoms with E-state index in [2.05, 4.69) is 34.0 Å². The zero-order valence-electron chi connectivity index (χ0n) is 13.6. The van der Waals surface area contributed by atoms with Crippen LogP contribution in [0.3, 0.4) is 0 Å². The molecule has 3 aromatic heterocycles. The van der Waals surface area contributed by atoms with Gasteiger partial charge in [0.1, 0.15) is 15.7 Å². The molecule has 11 heteroatoms. The van der Waals surface area contributed by atoms with Gasteiger partial charge in [-0.3, -0.25) is 0 Å². The third-order valence-electron chi connectivity index (χ3n) is 3.32. The van der Waals surface area contributed by atoms with Gasteiger partial charge in [-0.15, -0.1) is 21.5 Å². The predicted octanol–water partition coefficient (Wildman–Crippen LogP) is 3.67. The van der Waals surface area contributed by atoms with Crippen LogP contribution in [0.1, 0.15) is 31.1 Å². The van der Waals surface area contributed by atoms with Crippen LogP contribution in [0.2, 0.25) is 0 Å². The minimum absolute atomic E-state index is 0.0755. The number of halogens is 3. The summed E-state index contributed by atoms with van der Waals surface area (Å²) in [5.74, 6) is 5.24. The first-order valence-electron chi connectivity index (χ1n) is 7.37. The Hall–Kier alpha value is -1.88. The van der Waals surface area contributed by atoms with Crippen molar-refractivity contribution >= 4 is 33.3 Å². The largest absolute Gasteiger partial charge is 0.453 e. The SMILES string of the molecule is Cc1nc(Sc2nnc(C(F)(F)F)n2N)c2c(CC(C)C)csc2n1. The van der Waals surface area contributed by atoms with E-state index >= 15 is 0 Å². The highest BCUT2D eigenvalue weighted by atomic mass is 32.2. The van der Waals surface area contributed by atoms with E-state index in [0.29, 0.717) is 21.4 Å². The molecule has 0 aliphatic carbocycles. The zero-order chi connectivity index (χ0) is 18.4. The molecule has 0 unspecified atom stereocenters. The molecule has 2 N–H and O–H groups in total. The molecule has 0 fully saturated rings. The number of rotatable bonds is 4. The molecular formula is C14H15F3N6S2. The first kappa shape index (κ1) is 17.9. The van der Waals surface area contributed by atoms with Crippen LogP contribution in [0.4, 0.5) is 13.2 Å². The monoisotopic (exact) mass is 388 g/mol. The van der Waals surface area contributed by atoms with Crippen LogP contribution in [0, 0.1) is 12.8 Å². The quantitative estimate of drug-likeness (QED) is 0.542. The van der Waals surface area contributed by atoms with Gasteiger partial charge in [0.15, 0.2) is 0 Å². The van der Waals surface area contributed by atoms with Crippen molar-refractivity contribution in [3.8, 4) is 0 Å². The first-order chi connectivity index (χ1) is 11.7. The van der Waals surface area contributed by atoms with Crippen molar-refractivity contribution in [3.05, 3.63) is 22.6 Å². The smallest absolute Gasteiger partial charge is 0.335 e. The van der Waals surface area contributed by atoms with Gasteiger partial charge in [-0.05, 0) is 42.0 Å². The van der Waals surface area contributed by atoms with Gasteiger partial charge < -0.3 is 5.84 Å². The van der Waals surface area contributed by atoms with E-state index in [1.54, 1.807) is 6.92 Å². The van der Waals surface area contributed by atoms with Crippen LogP contribution in [-0.4, -0.2) is 24.8 Å². The molecule has 3 rings (SSSR count). The van der Waals surface area contributed by atoms with Crippen molar-refractivity contribution in [2.45, 2.75) is 43.6 Å². The van der Waals surface area contributed by atoms with E-state index in [1.165, 1.54) is 11.3 Å². The van der Waals surface area contributed by atoms with Gasteiger partial charge in [-0.1, -0.05) is 13.8 Å². The summed E-state index contributed by atoms with van der Waals surface area (Å²) in [7, 11) is 0. The molecule has 6 nitrogen and oxygen atoms in total. The predicted molar refractivity (Wildman–Crippen MR) is 90.0 cm³/mol. The molecule has 0 aromatic carbocycles. The van der Waals surface area contributed by atoms with Crippen molar-refractivity contribution in [1.82, 2.24) is 24.8 Å². The number of aryl methyl sites for hydroxylation is 1. The van der Waals surface area contributed by atoms with E-state index in [0.717, 1.165) is 34.0 Å². The van der Waals surface area contributed by atoms with E-state index in [4.69, 9.17) is 5.84 Å². The summed E-state index contributed by atoms with van der Waals surface area (Å²) < 4.78 is 39.0. The fourth-order valence-electron chi connectivity index (χ4n) is 2.36. The fraction of sp³-hybridized carbons (Fsp3) is 0.429. The molecule has 0 amide bonds.